The first kappa shape index (κ1) is 15.3. The quantitative estimate of drug-likeness (QED) is 0.664. The van der Waals surface area contributed by atoms with Gasteiger partial charge in [-0.1, -0.05) is 6.92 Å². The van der Waals surface area contributed by atoms with E-state index >= 15 is 0 Å². The number of nitro groups is 1. The second-order valence-corrected chi connectivity index (χ2v) is 5.27. The number of nitro benzene ring substituents is 1. The lowest BCUT2D eigenvalue weighted by atomic mass is 10.0. The highest BCUT2D eigenvalue weighted by atomic mass is 16.6. The molecular weight excluding hydrogens is 268 g/mol. The van der Waals surface area contributed by atoms with Gasteiger partial charge in [-0.05, 0) is 37.9 Å². The van der Waals surface area contributed by atoms with Gasteiger partial charge in [0.2, 0.25) is 0 Å². The molecule has 0 aromatic heterocycles. The van der Waals surface area contributed by atoms with E-state index in [4.69, 9.17) is 5.26 Å². The number of nitriles is 1. The molecule has 0 aliphatic carbocycles. The van der Waals surface area contributed by atoms with E-state index in [9.17, 15) is 10.1 Å². The molecule has 1 atom stereocenters. The van der Waals surface area contributed by atoms with Crippen LogP contribution in [0.1, 0.15) is 31.7 Å². The van der Waals surface area contributed by atoms with Crippen LogP contribution in [-0.4, -0.2) is 30.6 Å². The van der Waals surface area contributed by atoms with Gasteiger partial charge in [0, 0.05) is 25.2 Å². The normalized spacial score (nSPS) is 18.0. The third-order valence-corrected chi connectivity index (χ3v) is 3.79. The Morgan fingerprint density at radius 3 is 2.95 bits per heavy atom. The number of piperidine rings is 1. The number of nitrogens with one attached hydrogen (secondary N) is 1. The Hall–Kier alpha value is -2.13. The molecule has 1 saturated heterocycles. The molecule has 1 N–H and O–H groups in total. The minimum Gasteiger partial charge on any atom is -0.362 e. The molecule has 1 fully saturated rings. The van der Waals surface area contributed by atoms with Crippen molar-refractivity contribution < 1.29 is 4.92 Å². The van der Waals surface area contributed by atoms with E-state index in [0.29, 0.717) is 11.3 Å². The molecule has 6 nitrogen and oxygen atoms in total. The van der Waals surface area contributed by atoms with Gasteiger partial charge in [-0.15, -0.1) is 0 Å². The van der Waals surface area contributed by atoms with Crippen LogP contribution in [0.4, 0.5) is 11.4 Å². The summed E-state index contributed by atoms with van der Waals surface area (Å²) in [5, 5.41) is 23.6. The van der Waals surface area contributed by atoms with Gasteiger partial charge in [-0.3, -0.25) is 10.1 Å². The van der Waals surface area contributed by atoms with Crippen LogP contribution >= 0.6 is 0 Å². The molecule has 112 valence electrons. The molecule has 0 spiro atoms. The Morgan fingerprint density at radius 2 is 2.38 bits per heavy atom. The SMILES string of the molecule is CCCN(c1ccc(C#N)cc1[N+](=O)[O-])C1CCCNC1. The topological polar surface area (TPSA) is 82.2 Å². The van der Waals surface area contributed by atoms with Gasteiger partial charge in [0.25, 0.3) is 5.69 Å². The fourth-order valence-electron chi connectivity index (χ4n) is 2.82. The van der Waals surface area contributed by atoms with Crippen LogP contribution in [0.5, 0.6) is 0 Å². The summed E-state index contributed by atoms with van der Waals surface area (Å²) < 4.78 is 0. The maximum Gasteiger partial charge on any atom is 0.293 e. The Balaban J connectivity index is 2.39. The van der Waals surface area contributed by atoms with Crippen LogP contribution in [0.25, 0.3) is 0 Å². The molecule has 1 aromatic carbocycles. The highest BCUT2D eigenvalue weighted by Gasteiger charge is 2.26. The van der Waals surface area contributed by atoms with Gasteiger partial charge >= 0.3 is 0 Å². The predicted molar refractivity (Wildman–Crippen MR) is 81.3 cm³/mol. The van der Waals surface area contributed by atoms with Crippen molar-refractivity contribution in [2.75, 3.05) is 24.5 Å². The molecular formula is C15H20N4O2. The van der Waals surface area contributed by atoms with E-state index in [1.807, 2.05) is 6.07 Å². The van der Waals surface area contributed by atoms with E-state index in [1.54, 1.807) is 12.1 Å². The monoisotopic (exact) mass is 288 g/mol. The van der Waals surface area contributed by atoms with Crippen LogP contribution in [0.2, 0.25) is 0 Å². The van der Waals surface area contributed by atoms with E-state index in [1.165, 1.54) is 6.07 Å². The van der Waals surface area contributed by atoms with E-state index in [2.05, 4.69) is 17.1 Å². The second kappa shape index (κ2) is 7.04. The standard InChI is InChI=1S/C15H20N4O2/c1-2-8-18(13-4-3-7-17-11-13)14-6-5-12(10-16)9-15(14)19(20)21/h5-6,9,13,17H,2-4,7-8,11H2,1H3. The summed E-state index contributed by atoms with van der Waals surface area (Å²) in [6.45, 7) is 4.70. The summed E-state index contributed by atoms with van der Waals surface area (Å²) >= 11 is 0. The smallest absolute Gasteiger partial charge is 0.293 e. The molecule has 1 unspecified atom stereocenters. The summed E-state index contributed by atoms with van der Waals surface area (Å²) in [6.07, 6.45) is 3.03. The fourth-order valence-corrected chi connectivity index (χ4v) is 2.82. The summed E-state index contributed by atoms with van der Waals surface area (Å²) in [6, 6.07) is 6.97. The van der Waals surface area contributed by atoms with Crippen LogP contribution in [0.15, 0.2) is 18.2 Å². The fraction of sp³-hybridized carbons (Fsp3) is 0.533. The molecule has 2 rings (SSSR count). The van der Waals surface area contributed by atoms with Crippen molar-refractivity contribution in [3.8, 4) is 6.07 Å². The van der Waals surface area contributed by atoms with Crippen molar-refractivity contribution in [2.45, 2.75) is 32.2 Å². The van der Waals surface area contributed by atoms with E-state index < -0.39 is 4.92 Å². The van der Waals surface area contributed by atoms with Crippen molar-refractivity contribution in [1.82, 2.24) is 5.32 Å². The number of rotatable bonds is 5. The summed E-state index contributed by atoms with van der Waals surface area (Å²) in [5.74, 6) is 0. The van der Waals surface area contributed by atoms with Gasteiger partial charge in [-0.25, -0.2) is 0 Å². The molecule has 1 aliphatic rings. The minimum absolute atomic E-state index is 0.0214. The largest absolute Gasteiger partial charge is 0.362 e. The zero-order chi connectivity index (χ0) is 15.2. The highest BCUT2D eigenvalue weighted by Crippen LogP contribution is 2.32. The van der Waals surface area contributed by atoms with E-state index in [-0.39, 0.29) is 11.7 Å². The predicted octanol–water partition coefficient (Wildman–Crippen LogP) is 2.43. The molecule has 0 saturated carbocycles. The molecule has 0 radical (unpaired) electrons. The maximum atomic E-state index is 11.3. The number of hydrogen-bond acceptors (Lipinski definition) is 5. The van der Waals surface area contributed by atoms with Crippen LogP contribution in [0, 0.1) is 21.4 Å². The van der Waals surface area contributed by atoms with Gasteiger partial charge in [-0.2, -0.15) is 5.26 Å². The Bertz CT molecular complexity index is 547. The average molecular weight is 288 g/mol. The minimum atomic E-state index is -0.394. The molecule has 0 amide bonds. The van der Waals surface area contributed by atoms with Crippen molar-refractivity contribution >= 4 is 11.4 Å². The molecule has 1 aromatic rings. The highest BCUT2D eigenvalue weighted by molar-refractivity contribution is 5.66. The van der Waals surface area contributed by atoms with Crippen molar-refractivity contribution in [3.63, 3.8) is 0 Å². The van der Waals surface area contributed by atoms with Crippen molar-refractivity contribution in [1.29, 1.82) is 5.26 Å². The zero-order valence-electron chi connectivity index (χ0n) is 12.2. The van der Waals surface area contributed by atoms with Crippen molar-refractivity contribution in [3.05, 3.63) is 33.9 Å². The number of nitrogens with zero attached hydrogens (tertiary/aromatic N) is 3. The zero-order valence-corrected chi connectivity index (χ0v) is 12.2. The average Bonchev–Trinajstić information content (AvgIpc) is 2.53. The van der Waals surface area contributed by atoms with Crippen LogP contribution in [0.3, 0.4) is 0 Å². The molecule has 6 heteroatoms. The van der Waals surface area contributed by atoms with Gasteiger partial charge in [0.05, 0.1) is 16.6 Å². The number of anilines is 1. The lowest BCUT2D eigenvalue weighted by Gasteiger charge is -2.36. The summed E-state index contributed by atoms with van der Waals surface area (Å²) in [4.78, 5) is 13.1. The Labute approximate surface area is 124 Å². The Morgan fingerprint density at radius 1 is 1.57 bits per heavy atom. The third-order valence-electron chi connectivity index (χ3n) is 3.79. The van der Waals surface area contributed by atoms with Gasteiger partial charge in [0.1, 0.15) is 5.69 Å². The lowest BCUT2D eigenvalue weighted by molar-refractivity contribution is -0.384. The number of benzene rings is 1. The van der Waals surface area contributed by atoms with Crippen LogP contribution < -0.4 is 10.2 Å². The first-order chi connectivity index (χ1) is 10.2. The molecule has 1 aliphatic heterocycles. The third kappa shape index (κ3) is 3.50. The summed E-state index contributed by atoms with van der Waals surface area (Å²) in [5.41, 5.74) is 0.964. The number of hydrogen-bond donors (Lipinski definition) is 1. The van der Waals surface area contributed by atoms with Gasteiger partial charge < -0.3 is 10.2 Å². The maximum absolute atomic E-state index is 11.3. The first-order valence-corrected chi connectivity index (χ1v) is 7.33. The first-order valence-electron chi connectivity index (χ1n) is 7.33. The molecule has 0 bridgehead atoms. The Kier molecular flexibility index (Phi) is 5.12. The molecule has 1 heterocycles. The van der Waals surface area contributed by atoms with Gasteiger partial charge in [0.15, 0.2) is 0 Å². The van der Waals surface area contributed by atoms with Crippen LogP contribution in [-0.2, 0) is 0 Å². The van der Waals surface area contributed by atoms with E-state index in [0.717, 1.165) is 38.9 Å². The van der Waals surface area contributed by atoms with Crippen molar-refractivity contribution in [2.24, 2.45) is 0 Å². The second-order valence-electron chi connectivity index (χ2n) is 5.27. The lowest BCUT2D eigenvalue weighted by Crippen LogP contribution is -2.46. The molecule has 21 heavy (non-hydrogen) atoms. The summed E-state index contributed by atoms with van der Waals surface area (Å²) in [7, 11) is 0.